The third kappa shape index (κ3) is 3.74. The fourth-order valence-corrected chi connectivity index (χ4v) is 4.67. The molecule has 1 aliphatic heterocycles. The maximum absolute atomic E-state index is 12.9. The van der Waals surface area contributed by atoms with E-state index >= 15 is 0 Å². The number of hydrogen-bond donors (Lipinski definition) is 3. The van der Waals surface area contributed by atoms with Crippen LogP contribution in [0.15, 0.2) is 30.6 Å². The number of carbonyl (C=O) groups excluding carboxylic acids is 1. The van der Waals surface area contributed by atoms with Crippen molar-refractivity contribution < 1.29 is 9.90 Å². The van der Waals surface area contributed by atoms with Gasteiger partial charge in [0.2, 0.25) is 11.9 Å². The molecule has 1 amide bonds. The van der Waals surface area contributed by atoms with Gasteiger partial charge in [-0.05, 0) is 25.5 Å². The molecule has 1 aliphatic rings. The topological polar surface area (TPSA) is 154 Å². The number of anilines is 2. The quantitative estimate of drug-likeness (QED) is 0.396. The van der Waals surface area contributed by atoms with Crippen molar-refractivity contribution >= 4 is 39.9 Å². The number of hydrogen-bond acceptors (Lipinski definition) is 8. The number of benzene rings is 1. The van der Waals surface area contributed by atoms with Crippen LogP contribution < -0.4 is 11.5 Å². The fourth-order valence-electron chi connectivity index (χ4n) is 4.67. The number of carbonyl (C=O) groups is 1. The van der Waals surface area contributed by atoms with Crippen LogP contribution in [0.25, 0.3) is 22.2 Å². The van der Waals surface area contributed by atoms with Gasteiger partial charge in [0.1, 0.15) is 11.3 Å². The Bertz CT molecular complexity index is 1330. The van der Waals surface area contributed by atoms with Crippen molar-refractivity contribution in [2.45, 2.75) is 44.9 Å². The van der Waals surface area contributed by atoms with Gasteiger partial charge in [-0.1, -0.05) is 12.1 Å². The van der Waals surface area contributed by atoms with Crippen LogP contribution in [-0.2, 0) is 17.8 Å². The van der Waals surface area contributed by atoms with E-state index in [0.29, 0.717) is 30.6 Å². The van der Waals surface area contributed by atoms with Crippen molar-refractivity contribution in [1.82, 2.24) is 34.0 Å². The second kappa shape index (κ2) is 8.32. The maximum Gasteiger partial charge on any atom is 0.224 e. The van der Waals surface area contributed by atoms with Gasteiger partial charge in [0, 0.05) is 32.5 Å². The smallest absolute Gasteiger partial charge is 0.224 e. The molecular formula is C22H27N9O2. The summed E-state index contributed by atoms with van der Waals surface area (Å²) in [4.78, 5) is 31.7. The number of aromatic nitrogens is 6. The highest BCUT2D eigenvalue weighted by Crippen LogP contribution is 2.28. The summed E-state index contributed by atoms with van der Waals surface area (Å²) in [6, 6.07) is 7.69. The van der Waals surface area contributed by atoms with E-state index in [2.05, 4.69) is 32.5 Å². The zero-order chi connectivity index (χ0) is 23.1. The molecule has 11 nitrogen and oxygen atoms in total. The number of rotatable bonds is 6. The van der Waals surface area contributed by atoms with Gasteiger partial charge in [-0.15, -0.1) is 0 Å². The molecule has 0 aliphatic carbocycles. The second-order valence-electron chi connectivity index (χ2n) is 8.34. The van der Waals surface area contributed by atoms with Crippen LogP contribution in [0.3, 0.4) is 0 Å². The number of likely N-dealkylation sites (tertiary alicyclic amines) is 1. The molecular weight excluding hydrogens is 422 g/mol. The Balaban J connectivity index is 1.25. The largest absolute Gasteiger partial charge is 0.389 e. The van der Waals surface area contributed by atoms with Crippen LogP contribution in [0.4, 0.5) is 11.8 Å². The lowest BCUT2D eigenvalue weighted by Crippen LogP contribution is -2.29. The normalized spacial score (nSPS) is 18.5. The van der Waals surface area contributed by atoms with Crippen LogP contribution >= 0.6 is 0 Å². The zero-order valence-electron chi connectivity index (χ0n) is 18.4. The summed E-state index contributed by atoms with van der Waals surface area (Å²) in [5.74, 6) is 1.23. The predicted octanol–water partition coefficient (Wildman–Crippen LogP) is 1.13. The number of aliphatic hydroxyl groups excluding tert-OH is 1. The van der Waals surface area contributed by atoms with Crippen molar-refractivity contribution in [3.05, 3.63) is 36.4 Å². The van der Waals surface area contributed by atoms with E-state index in [1.54, 1.807) is 15.8 Å². The number of aryl methyl sites for hydroxylation is 2. The first kappa shape index (κ1) is 21.1. The number of imidazole rings is 2. The van der Waals surface area contributed by atoms with E-state index in [4.69, 9.17) is 16.5 Å². The summed E-state index contributed by atoms with van der Waals surface area (Å²) in [5.41, 5.74) is 14.6. The standard InChI is InChI=1S/C22H27N9O2/c1-2-30-14-7-4-3-6-13(14)26-17(30)8-5-9-18(33)29-10-15(16(32)11-29)31-12-25-19-20(23)27-22(24)28-21(19)31/h3-4,6-7,12,15-16,32H,2,5,8-11H2,1H3,(H4,23,24,27,28)/t15-,16-/m0/s1. The Morgan fingerprint density at radius 3 is 2.82 bits per heavy atom. The van der Waals surface area contributed by atoms with Gasteiger partial charge in [-0.2, -0.15) is 9.97 Å². The number of nitrogen functional groups attached to an aromatic ring is 2. The van der Waals surface area contributed by atoms with Crippen LogP contribution in [0.2, 0.25) is 0 Å². The van der Waals surface area contributed by atoms with E-state index in [1.165, 1.54) is 0 Å². The second-order valence-corrected chi connectivity index (χ2v) is 8.34. The van der Waals surface area contributed by atoms with E-state index in [-0.39, 0.29) is 30.3 Å². The molecule has 3 aromatic heterocycles. The summed E-state index contributed by atoms with van der Waals surface area (Å²) in [7, 11) is 0. The number of aliphatic hydroxyl groups is 1. The van der Waals surface area contributed by atoms with Gasteiger partial charge in [0.25, 0.3) is 0 Å². The minimum absolute atomic E-state index is 0.00813. The maximum atomic E-state index is 12.9. The molecule has 0 saturated carbocycles. The Morgan fingerprint density at radius 2 is 2.00 bits per heavy atom. The Kier molecular flexibility index (Phi) is 5.33. The summed E-state index contributed by atoms with van der Waals surface area (Å²) >= 11 is 0. The molecule has 4 aromatic rings. The molecule has 0 bridgehead atoms. The molecule has 1 saturated heterocycles. The third-order valence-electron chi connectivity index (χ3n) is 6.28. The third-order valence-corrected chi connectivity index (χ3v) is 6.28. The summed E-state index contributed by atoms with van der Waals surface area (Å²) in [6.45, 7) is 3.55. The average Bonchev–Trinajstić information content (AvgIpc) is 3.48. The average molecular weight is 450 g/mol. The molecule has 11 heteroatoms. The molecule has 5 rings (SSSR count). The van der Waals surface area contributed by atoms with E-state index in [9.17, 15) is 9.90 Å². The minimum Gasteiger partial charge on any atom is -0.389 e. The van der Waals surface area contributed by atoms with Crippen molar-refractivity contribution in [2.24, 2.45) is 0 Å². The summed E-state index contributed by atoms with van der Waals surface area (Å²) in [6.07, 6.45) is 2.61. The van der Waals surface area contributed by atoms with Gasteiger partial charge in [-0.25, -0.2) is 9.97 Å². The first-order valence-electron chi connectivity index (χ1n) is 11.1. The molecule has 0 unspecified atom stereocenters. The van der Waals surface area contributed by atoms with E-state index < -0.39 is 6.10 Å². The monoisotopic (exact) mass is 449 g/mol. The van der Waals surface area contributed by atoms with Crippen LogP contribution in [-0.4, -0.2) is 64.2 Å². The molecule has 5 N–H and O–H groups in total. The predicted molar refractivity (Wildman–Crippen MR) is 124 cm³/mol. The Morgan fingerprint density at radius 1 is 1.18 bits per heavy atom. The number of amides is 1. The highest BCUT2D eigenvalue weighted by atomic mass is 16.3. The number of β-amino-alcohol motifs (C(OH)–C–C–N with tert-alkyl or cyclic N) is 1. The van der Waals surface area contributed by atoms with Crippen molar-refractivity contribution in [3.63, 3.8) is 0 Å². The highest BCUT2D eigenvalue weighted by molar-refractivity contribution is 5.83. The van der Waals surface area contributed by atoms with E-state index in [1.807, 2.05) is 18.2 Å². The summed E-state index contributed by atoms with van der Waals surface area (Å²) in [5, 5.41) is 10.7. The lowest BCUT2D eigenvalue weighted by atomic mass is 10.2. The number of nitrogens with two attached hydrogens (primary N) is 2. The van der Waals surface area contributed by atoms with Crippen molar-refractivity contribution in [3.8, 4) is 0 Å². The Labute approximate surface area is 190 Å². The zero-order valence-corrected chi connectivity index (χ0v) is 18.4. The van der Waals surface area contributed by atoms with Gasteiger partial charge in [-0.3, -0.25) is 4.79 Å². The van der Waals surface area contributed by atoms with Crippen LogP contribution in [0, 0.1) is 0 Å². The number of para-hydroxylation sites is 2. The molecule has 0 spiro atoms. The first-order valence-corrected chi connectivity index (χ1v) is 11.1. The highest BCUT2D eigenvalue weighted by Gasteiger charge is 2.36. The van der Waals surface area contributed by atoms with Crippen LogP contribution in [0.1, 0.15) is 31.6 Å². The molecule has 1 fully saturated rings. The van der Waals surface area contributed by atoms with Gasteiger partial charge < -0.3 is 30.6 Å². The van der Waals surface area contributed by atoms with E-state index in [0.717, 1.165) is 29.8 Å². The molecule has 33 heavy (non-hydrogen) atoms. The number of nitrogens with zero attached hydrogens (tertiary/aromatic N) is 7. The SMILES string of the molecule is CCn1c(CCCC(=O)N2C[C@H](O)[C@@H](n3cnc4c(N)nc(N)nc43)C2)nc2ccccc21. The summed E-state index contributed by atoms with van der Waals surface area (Å²) < 4.78 is 3.92. The fraction of sp³-hybridized carbons (Fsp3) is 0.409. The van der Waals surface area contributed by atoms with Gasteiger partial charge in [0.15, 0.2) is 11.5 Å². The molecule has 0 radical (unpaired) electrons. The number of fused-ring (bicyclic) bond motifs is 2. The molecule has 172 valence electrons. The minimum atomic E-state index is -0.743. The molecule has 4 heterocycles. The van der Waals surface area contributed by atoms with Crippen LogP contribution in [0.5, 0.6) is 0 Å². The molecule has 1 aromatic carbocycles. The van der Waals surface area contributed by atoms with Crippen molar-refractivity contribution in [2.75, 3.05) is 24.6 Å². The first-order chi connectivity index (χ1) is 16.0. The van der Waals surface area contributed by atoms with Gasteiger partial charge in [0.05, 0.1) is 29.5 Å². The molecule has 2 atom stereocenters. The lowest BCUT2D eigenvalue weighted by Gasteiger charge is -2.17. The van der Waals surface area contributed by atoms with Crippen molar-refractivity contribution in [1.29, 1.82) is 0 Å². The van der Waals surface area contributed by atoms with Gasteiger partial charge >= 0.3 is 0 Å². The Hall–Kier alpha value is -3.73. The lowest BCUT2D eigenvalue weighted by molar-refractivity contribution is -0.130.